The quantitative estimate of drug-likeness (QED) is 0.683. The van der Waals surface area contributed by atoms with Crippen LogP contribution in [0.1, 0.15) is 59.8 Å². The second-order valence-electron chi connectivity index (χ2n) is 6.32. The van der Waals surface area contributed by atoms with E-state index in [0.29, 0.717) is 16.8 Å². The van der Waals surface area contributed by atoms with Crippen molar-refractivity contribution in [2.75, 3.05) is 13.7 Å². The third-order valence-corrected chi connectivity index (χ3v) is 3.60. The summed E-state index contributed by atoms with van der Waals surface area (Å²) in [6.45, 7) is 10.4. The third kappa shape index (κ3) is 3.55. The van der Waals surface area contributed by atoms with E-state index in [1.807, 2.05) is 20.8 Å². The van der Waals surface area contributed by atoms with Gasteiger partial charge in [0, 0.05) is 23.7 Å². The molecule has 1 heterocycles. The highest BCUT2D eigenvalue weighted by Gasteiger charge is 2.29. The fourth-order valence-electron chi connectivity index (χ4n) is 2.52. The predicted octanol–water partition coefficient (Wildman–Crippen LogP) is 2.25. The van der Waals surface area contributed by atoms with Crippen molar-refractivity contribution in [3.8, 4) is 0 Å². The summed E-state index contributed by atoms with van der Waals surface area (Å²) in [6, 6.07) is 0. The van der Waals surface area contributed by atoms with Gasteiger partial charge in [-0.25, -0.2) is 4.79 Å². The maximum Gasteiger partial charge on any atom is 0.354 e. The number of Topliss-reactive ketones (excluding diaryl/α,β-unsaturated/α-hetero) is 1. The van der Waals surface area contributed by atoms with Crippen molar-refractivity contribution in [1.29, 1.82) is 0 Å². The minimum Gasteiger partial charge on any atom is -0.464 e. The number of carbonyl (C=O) groups is 3. The second-order valence-corrected chi connectivity index (χ2v) is 6.32. The number of esters is 1. The average molecular weight is 308 g/mol. The topological polar surface area (TPSA) is 79.5 Å². The number of hydrogen-bond acceptors (Lipinski definition) is 4. The van der Waals surface area contributed by atoms with Crippen molar-refractivity contribution in [3.05, 3.63) is 22.5 Å². The lowest BCUT2D eigenvalue weighted by molar-refractivity contribution is -0.132. The zero-order valence-corrected chi connectivity index (χ0v) is 14.3. The predicted molar refractivity (Wildman–Crippen MR) is 83.1 cm³/mol. The highest BCUT2D eigenvalue weighted by atomic mass is 16.5. The van der Waals surface area contributed by atoms with E-state index < -0.39 is 11.5 Å². The number of H-pyrrole nitrogens is 1. The lowest BCUT2D eigenvalue weighted by atomic mass is 10.0. The maximum absolute atomic E-state index is 12.6. The molecular formula is C16H24N2O4. The van der Waals surface area contributed by atoms with E-state index in [-0.39, 0.29) is 23.9 Å². The number of hydrogen-bond donors (Lipinski definition) is 1. The van der Waals surface area contributed by atoms with Gasteiger partial charge in [0.25, 0.3) is 0 Å². The van der Waals surface area contributed by atoms with Crippen LogP contribution in [0.2, 0.25) is 0 Å². The molecule has 1 aromatic rings. The first-order valence-electron chi connectivity index (χ1n) is 7.09. The summed E-state index contributed by atoms with van der Waals surface area (Å²) in [6.07, 6.45) is 0. The van der Waals surface area contributed by atoms with Gasteiger partial charge < -0.3 is 14.6 Å². The Kier molecular flexibility index (Phi) is 5.17. The molecule has 0 radical (unpaired) electrons. The number of carbonyl (C=O) groups excluding carboxylic acids is 3. The maximum atomic E-state index is 12.6. The molecule has 0 saturated carbocycles. The summed E-state index contributed by atoms with van der Waals surface area (Å²) in [5, 5.41) is 0. The van der Waals surface area contributed by atoms with E-state index in [4.69, 9.17) is 4.74 Å². The number of ketones is 1. The summed E-state index contributed by atoms with van der Waals surface area (Å²) in [7, 11) is 1.29. The number of ether oxygens (including phenoxy) is 1. The van der Waals surface area contributed by atoms with Gasteiger partial charge in [-0.2, -0.15) is 0 Å². The Bertz CT molecular complexity index is 608. The van der Waals surface area contributed by atoms with Crippen LogP contribution in [-0.2, 0) is 9.53 Å². The number of aromatic amines is 1. The Morgan fingerprint density at radius 1 is 1.18 bits per heavy atom. The highest BCUT2D eigenvalue weighted by Crippen LogP contribution is 2.21. The molecule has 0 saturated heterocycles. The van der Waals surface area contributed by atoms with Crippen LogP contribution in [0.15, 0.2) is 0 Å². The van der Waals surface area contributed by atoms with Crippen LogP contribution in [0.4, 0.5) is 0 Å². The van der Waals surface area contributed by atoms with Gasteiger partial charge in [0.15, 0.2) is 5.78 Å². The summed E-state index contributed by atoms with van der Waals surface area (Å²) < 4.78 is 4.69. The fraction of sp³-hybridized carbons (Fsp3) is 0.562. The van der Waals surface area contributed by atoms with Crippen molar-refractivity contribution in [1.82, 2.24) is 9.88 Å². The van der Waals surface area contributed by atoms with Gasteiger partial charge in [0.05, 0.1) is 13.7 Å². The van der Waals surface area contributed by atoms with E-state index in [1.165, 1.54) is 18.9 Å². The van der Waals surface area contributed by atoms with Crippen molar-refractivity contribution in [2.24, 2.45) is 0 Å². The van der Waals surface area contributed by atoms with E-state index >= 15 is 0 Å². The van der Waals surface area contributed by atoms with Crippen molar-refractivity contribution < 1.29 is 19.1 Å². The molecule has 0 atom stereocenters. The fourth-order valence-corrected chi connectivity index (χ4v) is 2.52. The molecule has 22 heavy (non-hydrogen) atoms. The molecule has 1 rings (SSSR count). The molecule has 0 aromatic carbocycles. The molecule has 1 amide bonds. The van der Waals surface area contributed by atoms with Gasteiger partial charge in [-0.15, -0.1) is 0 Å². The first kappa shape index (κ1) is 17.9. The standard InChI is InChI=1S/C16H24N2O4/c1-9-13(10(2)17-14(9)15(21)22-7)12(20)8-18(11(3)19)16(4,5)6/h17H,8H2,1-7H3. The second kappa shape index (κ2) is 6.34. The molecule has 0 aliphatic carbocycles. The van der Waals surface area contributed by atoms with Gasteiger partial charge in [0.2, 0.25) is 5.91 Å². The Morgan fingerprint density at radius 2 is 1.73 bits per heavy atom. The Balaban J connectivity index is 3.16. The number of aromatic nitrogens is 1. The van der Waals surface area contributed by atoms with Gasteiger partial charge in [0.1, 0.15) is 5.69 Å². The van der Waals surface area contributed by atoms with E-state index in [0.717, 1.165) is 0 Å². The molecule has 0 aliphatic rings. The molecule has 0 spiro atoms. The smallest absolute Gasteiger partial charge is 0.354 e. The highest BCUT2D eigenvalue weighted by molar-refractivity contribution is 6.04. The number of aryl methyl sites for hydroxylation is 1. The monoisotopic (exact) mass is 308 g/mol. The van der Waals surface area contributed by atoms with Crippen molar-refractivity contribution in [2.45, 2.75) is 47.1 Å². The van der Waals surface area contributed by atoms with Crippen molar-refractivity contribution in [3.63, 3.8) is 0 Å². The van der Waals surface area contributed by atoms with Crippen LogP contribution >= 0.6 is 0 Å². The first-order chi connectivity index (χ1) is 10.0. The summed E-state index contributed by atoms with van der Waals surface area (Å²) in [5.74, 6) is -0.884. The third-order valence-electron chi connectivity index (χ3n) is 3.60. The lowest BCUT2D eigenvalue weighted by Crippen LogP contribution is -2.47. The minimum atomic E-state index is -0.515. The summed E-state index contributed by atoms with van der Waals surface area (Å²) >= 11 is 0. The van der Waals surface area contributed by atoms with Gasteiger partial charge >= 0.3 is 5.97 Å². The van der Waals surface area contributed by atoms with E-state index in [9.17, 15) is 14.4 Å². The molecule has 6 heteroatoms. The van der Waals surface area contributed by atoms with Crippen LogP contribution in [0.3, 0.4) is 0 Å². The molecule has 6 nitrogen and oxygen atoms in total. The minimum absolute atomic E-state index is 0.0288. The average Bonchev–Trinajstić information content (AvgIpc) is 2.68. The SMILES string of the molecule is COC(=O)c1[nH]c(C)c(C(=O)CN(C(C)=O)C(C)(C)C)c1C. The van der Waals surface area contributed by atoms with Crippen LogP contribution < -0.4 is 0 Å². The molecular weight excluding hydrogens is 284 g/mol. The molecule has 1 aromatic heterocycles. The van der Waals surface area contributed by atoms with Crippen LogP contribution in [0.5, 0.6) is 0 Å². The van der Waals surface area contributed by atoms with Crippen LogP contribution in [-0.4, -0.2) is 46.7 Å². The summed E-state index contributed by atoms with van der Waals surface area (Å²) in [5.41, 5.74) is 1.40. The molecule has 0 unspecified atom stereocenters. The van der Waals surface area contributed by atoms with Crippen LogP contribution in [0, 0.1) is 13.8 Å². The number of rotatable bonds is 4. The Hall–Kier alpha value is -2.11. The van der Waals surface area contributed by atoms with E-state index in [1.54, 1.807) is 13.8 Å². The molecule has 122 valence electrons. The number of methoxy groups -OCH3 is 1. The zero-order chi connectivity index (χ0) is 17.2. The van der Waals surface area contributed by atoms with Gasteiger partial charge in [-0.05, 0) is 40.2 Å². The normalized spacial score (nSPS) is 11.2. The lowest BCUT2D eigenvalue weighted by Gasteiger charge is -2.34. The number of amides is 1. The zero-order valence-electron chi connectivity index (χ0n) is 14.3. The molecule has 0 fully saturated rings. The number of nitrogens with zero attached hydrogens (tertiary/aromatic N) is 1. The molecule has 0 bridgehead atoms. The van der Waals surface area contributed by atoms with Crippen molar-refractivity contribution >= 4 is 17.7 Å². The van der Waals surface area contributed by atoms with E-state index in [2.05, 4.69) is 4.98 Å². The first-order valence-corrected chi connectivity index (χ1v) is 7.09. The van der Waals surface area contributed by atoms with Gasteiger partial charge in [-0.3, -0.25) is 9.59 Å². The Morgan fingerprint density at radius 3 is 2.14 bits per heavy atom. The molecule has 0 aliphatic heterocycles. The van der Waals surface area contributed by atoms with Crippen LogP contribution in [0.25, 0.3) is 0 Å². The largest absolute Gasteiger partial charge is 0.464 e. The summed E-state index contributed by atoms with van der Waals surface area (Å²) in [4.78, 5) is 40.5. The molecule has 1 N–H and O–H groups in total. The van der Waals surface area contributed by atoms with Gasteiger partial charge in [-0.1, -0.05) is 0 Å². The number of nitrogens with one attached hydrogen (secondary N) is 1. The Labute approximate surface area is 130 Å².